The zero-order valence-electron chi connectivity index (χ0n) is 15.9. The lowest BCUT2D eigenvalue weighted by Gasteiger charge is -2.10. The van der Waals surface area contributed by atoms with Crippen molar-refractivity contribution in [2.45, 2.75) is 26.3 Å². The molecule has 8 nitrogen and oxygen atoms in total. The van der Waals surface area contributed by atoms with Crippen LogP contribution in [0.25, 0.3) is 22.4 Å². The lowest BCUT2D eigenvalue weighted by molar-refractivity contribution is 0.0692. The molecule has 0 aliphatic carbocycles. The number of fused-ring (bicyclic) bond motifs is 1. The summed E-state index contributed by atoms with van der Waals surface area (Å²) in [4.78, 5) is 15.7. The largest absolute Gasteiger partial charge is 0.507 e. The Hall–Kier alpha value is -3.81. The van der Waals surface area contributed by atoms with Crippen molar-refractivity contribution in [2.24, 2.45) is 0 Å². The highest BCUT2D eigenvalue weighted by Crippen LogP contribution is 2.33. The average molecular weight is 392 g/mol. The van der Waals surface area contributed by atoms with E-state index in [4.69, 9.17) is 4.42 Å². The first-order valence-electron chi connectivity index (χ1n) is 9.16. The van der Waals surface area contributed by atoms with E-state index in [2.05, 4.69) is 20.5 Å². The summed E-state index contributed by atoms with van der Waals surface area (Å²) >= 11 is 0. The monoisotopic (exact) mass is 392 g/mol. The van der Waals surface area contributed by atoms with Crippen LogP contribution in [-0.2, 0) is 6.54 Å². The molecule has 4 N–H and O–H groups in total. The Labute approximate surface area is 166 Å². The van der Waals surface area contributed by atoms with Crippen molar-refractivity contribution in [1.29, 1.82) is 0 Å². The van der Waals surface area contributed by atoms with Gasteiger partial charge in [0, 0.05) is 23.2 Å². The number of aromatic nitrogens is 3. The van der Waals surface area contributed by atoms with Gasteiger partial charge in [-0.2, -0.15) is 5.10 Å². The van der Waals surface area contributed by atoms with Crippen molar-refractivity contribution in [1.82, 2.24) is 15.2 Å². The predicted molar refractivity (Wildman–Crippen MR) is 108 cm³/mol. The average Bonchev–Trinajstić information content (AvgIpc) is 3.34. The third-order valence-corrected chi connectivity index (χ3v) is 4.71. The normalized spacial score (nSPS) is 11.3. The van der Waals surface area contributed by atoms with Crippen molar-refractivity contribution in [3.63, 3.8) is 0 Å². The number of phenolic OH excluding ortho intramolecular Hbond substituents is 1. The minimum Gasteiger partial charge on any atom is -0.507 e. The Morgan fingerprint density at radius 2 is 2.10 bits per heavy atom. The second-order valence-corrected chi connectivity index (χ2v) is 7.04. The van der Waals surface area contributed by atoms with Gasteiger partial charge in [-0.15, -0.1) is 0 Å². The van der Waals surface area contributed by atoms with E-state index in [1.165, 1.54) is 0 Å². The quantitative estimate of drug-likeness (QED) is 0.384. The Bertz CT molecular complexity index is 1190. The minimum atomic E-state index is -1.09. The van der Waals surface area contributed by atoms with Crippen LogP contribution >= 0.6 is 0 Å². The van der Waals surface area contributed by atoms with Crippen LogP contribution < -0.4 is 5.32 Å². The molecule has 0 aliphatic rings. The number of aromatic carboxylic acids is 1. The fourth-order valence-corrected chi connectivity index (χ4v) is 3.07. The molecule has 4 aromatic rings. The summed E-state index contributed by atoms with van der Waals surface area (Å²) in [6.45, 7) is 4.38. The van der Waals surface area contributed by atoms with Gasteiger partial charge >= 0.3 is 5.97 Å². The van der Waals surface area contributed by atoms with Crippen molar-refractivity contribution in [2.75, 3.05) is 5.32 Å². The number of carbonyl (C=O) groups is 1. The first-order valence-corrected chi connectivity index (χ1v) is 9.16. The maximum Gasteiger partial charge on any atom is 0.357 e. The van der Waals surface area contributed by atoms with Crippen LogP contribution in [0.5, 0.6) is 5.75 Å². The first kappa shape index (κ1) is 18.5. The summed E-state index contributed by atoms with van der Waals surface area (Å²) in [5, 5.41) is 30.2. The Morgan fingerprint density at radius 3 is 2.83 bits per heavy atom. The van der Waals surface area contributed by atoms with Gasteiger partial charge < -0.3 is 19.9 Å². The first-order chi connectivity index (χ1) is 13.9. The van der Waals surface area contributed by atoms with Crippen LogP contribution in [0.2, 0.25) is 0 Å². The second-order valence-electron chi connectivity index (χ2n) is 7.04. The molecule has 29 heavy (non-hydrogen) atoms. The maximum absolute atomic E-state index is 11.3. The van der Waals surface area contributed by atoms with Crippen molar-refractivity contribution >= 4 is 22.6 Å². The number of rotatable bonds is 6. The highest BCUT2D eigenvalue weighted by Gasteiger charge is 2.16. The number of hydrogen-bond acceptors (Lipinski definition) is 6. The van der Waals surface area contributed by atoms with E-state index < -0.39 is 5.97 Å². The summed E-state index contributed by atoms with van der Waals surface area (Å²) in [5.74, 6) is -0.398. The number of phenols is 1. The molecule has 4 rings (SSSR count). The molecule has 0 amide bonds. The van der Waals surface area contributed by atoms with Gasteiger partial charge in [0.15, 0.2) is 5.69 Å². The van der Waals surface area contributed by atoms with Gasteiger partial charge in [-0.25, -0.2) is 9.78 Å². The summed E-state index contributed by atoms with van der Waals surface area (Å²) in [5.41, 5.74) is 3.34. The molecular formula is C21H20N4O4. The van der Waals surface area contributed by atoms with Crippen LogP contribution in [0, 0.1) is 0 Å². The van der Waals surface area contributed by atoms with Crippen LogP contribution in [-0.4, -0.2) is 31.4 Å². The third kappa shape index (κ3) is 3.52. The van der Waals surface area contributed by atoms with Gasteiger partial charge in [0.1, 0.15) is 12.0 Å². The van der Waals surface area contributed by atoms with Gasteiger partial charge in [-0.3, -0.25) is 5.10 Å². The van der Waals surface area contributed by atoms with Crippen molar-refractivity contribution in [3.05, 3.63) is 59.6 Å². The third-order valence-electron chi connectivity index (χ3n) is 4.71. The van der Waals surface area contributed by atoms with Gasteiger partial charge in [-0.05, 0) is 30.2 Å². The number of carboxylic acid groups (broad SMARTS) is 1. The minimum absolute atomic E-state index is 0.0293. The molecule has 0 atom stereocenters. The van der Waals surface area contributed by atoms with E-state index in [1.807, 2.05) is 26.0 Å². The summed E-state index contributed by atoms with van der Waals surface area (Å²) in [7, 11) is 0. The molecule has 0 unspecified atom stereocenters. The Kier molecular flexibility index (Phi) is 4.67. The van der Waals surface area contributed by atoms with E-state index in [1.54, 1.807) is 30.5 Å². The van der Waals surface area contributed by atoms with Crippen molar-refractivity contribution < 1.29 is 19.4 Å². The maximum atomic E-state index is 11.3. The number of benzene rings is 2. The van der Waals surface area contributed by atoms with Gasteiger partial charge in [0.2, 0.25) is 5.89 Å². The number of nitrogens with one attached hydrogen (secondary N) is 2. The molecule has 0 radical (unpaired) electrons. The number of H-pyrrole nitrogens is 1. The second kappa shape index (κ2) is 7.31. The molecule has 0 spiro atoms. The molecular weight excluding hydrogens is 372 g/mol. The number of nitrogens with zero attached hydrogens (tertiary/aromatic N) is 2. The number of carboxylic acids is 1. The molecule has 0 saturated carbocycles. The summed E-state index contributed by atoms with van der Waals surface area (Å²) < 4.78 is 5.53. The highest BCUT2D eigenvalue weighted by atomic mass is 16.4. The van der Waals surface area contributed by atoms with Crippen LogP contribution in [0.3, 0.4) is 0 Å². The van der Waals surface area contributed by atoms with Crippen LogP contribution in [0.4, 0.5) is 5.69 Å². The van der Waals surface area contributed by atoms with E-state index in [9.17, 15) is 15.0 Å². The molecule has 2 aromatic carbocycles. The Morgan fingerprint density at radius 1 is 1.28 bits per heavy atom. The highest BCUT2D eigenvalue weighted by molar-refractivity contribution is 6.01. The van der Waals surface area contributed by atoms with E-state index in [0.717, 1.165) is 5.69 Å². The molecule has 2 heterocycles. The van der Waals surface area contributed by atoms with E-state index in [0.29, 0.717) is 40.2 Å². The summed E-state index contributed by atoms with van der Waals surface area (Å²) in [6.07, 6.45) is 1.60. The number of aromatic amines is 1. The van der Waals surface area contributed by atoms with Crippen molar-refractivity contribution in [3.8, 4) is 17.2 Å². The number of para-hydroxylation sites is 1. The standard InChI is InChI=1S/C21H20N4O4/c1-11(2)17-10-29-20(23-17)14-5-3-4-12(19(14)26)9-22-13-6-7-16-15(8-13)18(21(27)28)25-24-16/h3-8,10-11,22,26H,9H2,1-2H3,(H,24,25)(H,27,28). The zero-order valence-corrected chi connectivity index (χ0v) is 15.9. The Balaban J connectivity index is 1.58. The predicted octanol–water partition coefficient (Wildman–Crippen LogP) is 4.36. The fraction of sp³-hybridized carbons (Fsp3) is 0.190. The fourth-order valence-electron chi connectivity index (χ4n) is 3.07. The summed E-state index contributed by atoms with van der Waals surface area (Å²) in [6, 6.07) is 10.7. The van der Waals surface area contributed by atoms with E-state index >= 15 is 0 Å². The molecule has 148 valence electrons. The van der Waals surface area contributed by atoms with Gasteiger partial charge in [0.05, 0.1) is 16.8 Å². The van der Waals surface area contributed by atoms with Gasteiger partial charge in [0.25, 0.3) is 0 Å². The smallest absolute Gasteiger partial charge is 0.357 e. The number of aromatic hydroxyl groups is 1. The topological polar surface area (TPSA) is 124 Å². The van der Waals surface area contributed by atoms with Crippen LogP contribution in [0.15, 0.2) is 47.1 Å². The molecule has 0 bridgehead atoms. The number of oxazole rings is 1. The SMILES string of the molecule is CC(C)c1coc(-c2cccc(CNc3ccc4[nH]nc(C(=O)O)c4c3)c2O)n1. The number of anilines is 1. The molecule has 0 aliphatic heterocycles. The molecule has 8 heteroatoms. The van der Waals surface area contributed by atoms with Crippen LogP contribution in [0.1, 0.15) is 41.5 Å². The van der Waals surface area contributed by atoms with E-state index in [-0.39, 0.29) is 17.4 Å². The molecule has 2 aromatic heterocycles. The lowest BCUT2D eigenvalue weighted by atomic mass is 10.1. The van der Waals surface area contributed by atoms with Gasteiger partial charge in [-0.1, -0.05) is 26.0 Å². The zero-order chi connectivity index (χ0) is 20.5. The molecule has 0 saturated heterocycles. The lowest BCUT2D eigenvalue weighted by Crippen LogP contribution is -2.01. The number of hydrogen-bond donors (Lipinski definition) is 4. The molecule has 0 fully saturated rings.